The van der Waals surface area contributed by atoms with E-state index in [1.54, 1.807) is 19.2 Å². The van der Waals surface area contributed by atoms with E-state index in [4.69, 9.17) is 4.74 Å². The number of fused-ring (bicyclic) bond motifs is 3. The predicted molar refractivity (Wildman–Crippen MR) is 77.1 cm³/mol. The Morgan fingerprint density at radius 1 is 1.15 bits per heavy atom. The lowest BCUT2D eigenvalue weighted by Gasteiger charge is -2.07. The molecule has 3 aromatic rings. The first-order valence-corrected chi connectivity index (χ1v) is 6.42. The molecule has 0 atom stereocenters. The summed E-state index contributed by atoms with van der Waals surface area (Å²) >= 11 is 0. The van der Waals surface area contributed by atoms with Crippen molar-refractivity contribution in [1.29, 1.82) is 0 Å². The lowest BCUT2D eigenvalue weighted by molar-refractivity contribution is 0.0524. The molecule has 0 fully saturated rings. The van der Waals surface area contributed by atoms with Crippen LogP contribution in [0.1, 0.15) is 17.3 Å². The minimum atomic E-state index is -0.583. The molecule has 0 N–H and O–H groups in total. The molecule has 100 valence electrons. The number of ether oxygens (including phenoxy) is 1. The van der Waals surface area contributed by atoms with Crippen LogP contribution in [-0.2, 0) is 4.74 Å². The van der Waals surface area contributed by atoms with Gasteiger partial charge in [-0.3, -0.25) is 9.20 Å². The summed E-state index contributed by atoms with van der Waals surface area (Å²) in [5, 5.41) is 2.03. The molecule has 20 heavy (non-hydrogen) atoms. The van der Waals surface area contributed by atoms with E-state index in [1.165, 1.54) is 10.5 Å². The Morgan fingerprint density at radius 2 is 1.95 bits per heavy atom. The Hall–Kier alpha value is -2.62. The second-order valence-electron chi connectivity index (χ2n) is 4.43. The number of hydrogen-bond donors (Lipinski definition) is 0. The van der Waals surface area contributed by atoms with Gasteiger partial charge in [0, 0.05) is 11.6 Å². The number of esters is 1. The summed E-state index contributed by atoms with van der Waals surface area (Å²) in [4.78, 5) is 24.1. The molecule has 0 aliphatic carbocycles. The van der Waals surface area contributed by atoms with Gasteiger partial charge in [-0.2, -0.15) is 0 Å². The molecule has 4 heteroatoms. The summed E-state index contributed by atoms with van der Waals surface area (Å²) in [7, 11) is 0. The van der Waals surface area contributed by atoms with Gasteiger partial charge in [0.25, 0.3) is 5.56 Å². The van der Waals surface area contributed by atoms with Crippen LogP contribution in [0.3, 0.4) is 0 Å². The van der Waals surface area contributed by atoms with Gasteiger partial charge in [0.1, 0.15) is 5.56 Å². The van der Waals surface area contributed by atoms with Crippen LogP contribution < -0.4 is 5.56 Å². The van der Waals surface area contributed by atoms with E-state index in [9.17, 15) is 9.59 Å². The maximum Gasteiger partial charge on any atom is 0.343 e. The molecule has 0 radical (unpaired) electrons. The number of benzene rings is 1. The largest absolute Gasteiger partial charge is 0.462 e. The molecule has 1 aromatic carbocycles. The van der Waals surface area contributed by atoms with Crippen molar-refractivity contribution >= 4 is 22.3 Å². The third kappa shape index (κ3) is 1.86. The molecule has 2 heterocycles. The summed E-state index contributed by atoms with van der Waals surface area (Å²) < 4.78 is 6.37. The molecule has 2 aromatic heterocycles. The van der Waals surface area contributed by atoms with E-state index in [0.29, 0.717) is 0 Å². The van der Waals surface area contributed by atoms with E-state index in [-0.39, 0.29) is 17.7 Å². The average molecular weight is 267 g/mol. The monoisotopic (exact) mass is 267 g/mol. The third-order valence-electron chi connectivity index (χ3n) is 3.25. The van der Waals surface area contributed by atoms with Gasteiger partial charge in [-0.25, -0.2) is 4.79 Å². The number of carbonyl (C=O) groups excluding carboxylic acids is 1. The summed E-state index contributed by atoms with van der Waals surface area (Å²) in [6, 6.07) is 13.0. The zero-order chi connectivity index (χ0) is 14.1. The van der Waals surface area contributed by atoms with Crippen molar-refractivity contribution in [2.45, 2.75) is 6.92 Å². The number of aromatic nitrogens is 1. The molecule has 3 rings (SSSR count). The van der Waals surface area contributed by atoms with Crippen molar-refractivity contribution in [1.82, 2.24) is 4.40 Å². The van der Waals surface area contributed by atoms with Gasteiger partial charge in [-0.1, -0.05) is 24.3 Å². The van der Waals surface area contributed by atoms with E-state index < -0.39 is 5.97 Å². The Kier molecular flexibility index (Phi) is 2.99. The zero-order valence-corrected chi connectivity index (χ0v) is 11.0. The van der Waals surface area contributed by atoms with E-state index in [1.807, 2.05) is 30.3 Å². The fourth-order valence-corrected chi connectivity index (χ4v) is 2.32. The highest BCUT2D eigenvalue weighted by Gasteiger charge is 2.13. The van der Waals surface area contributed by atoms with Gasteiger partial charge in [0.2, 0.25) is 0 Å². The fraction of sp³-hybridized carbons (Fsp3) is 0.125. The second kappa shape index (κ2) is 4.81. The number of pyridine rings is 2. The molecule has 0 aliphatic heterocycles. The Balaban J connectivity index is 2.32. The van der Waals surface area contributed by atoms with Crippen LogP contribution in [0.4, 0.5) is 0 Å². The minimum absolute atomic E-state index is 0.0552. The molecule has 0 unspecified atom stereocenters. The maximum atomic E-state index is 12.4. The molecule has 0 saturated heterocycles. The van der Waals surface area contributed by atoms with Crippen LogP contribution >= 0.6 is 0 Å². The highest BCUT2D eigenvalue weighted by molar-refractivity contribution is 5.97. The first-order chi connectivity index (χ1) is 9.72. The van der Waals surface area contributed by atoms with Gasteiger partial charge in [-0.05, 0) is 30.5 Å². The van der Waals surface area contributed by atoms with E-state index in [0.717, 1.165) is 16.3 Å². The molecule has 0 aliphatic rings. The Bertz CT molecular complexity index is 864. The van der Waals surface area contributed by atoms with Gasteiger partial charge in [0.15, 0.2) is 0 Å². The quantitative estimate of drug-likeness (QED) is 0.529. The van der Waals surface area contributed by atoms with E-state index >= 15 is 0 Å². The zero-order valence-electron chi connectivity index (χ0n) is 11.0. The first-order valence-electron chi connectivity index (χ1n) is 6.42. The van der Waals surface area contributed by atoms with Gasteiger partial charge >= 0.3 is 5.97 Å². The first kappa shape index (κ1) is 12.4. The van der Waals surface area contributed by atoms with Crippen LogP contribution in [0.15, 0.2) is 53.5 Å². The number of nitrogens with zero attached hydrogens (tertiary/aromatic N) is 1. The van der Waals surface area contributed by atoms with Gasteiger partial charge in [-0.15, -0.1) is 0 Å². The fourth-order valence-electron chi connectivity index (χ4n) is 2.32. The molecule has 0 saturated carbocycles. The standard InChI is InChI=1S/C16H13NO3/c1-2-20-16(19)13-7-8-14-12-6-4-3-5-11(12)9-10-17(14)15(13)18/h3-10H,2H2,1H3. The van der Waals surface area contributed by atoms with Crippen LogP contribution in [-0.4, -0.2) is 17.0 Å². The molecular weight excluding hydrogens is 254 g/mol. The summed E-state index contributed by atoms with van der Waals surface area (Å²) in [6.45, 7) is 1.96. The minimum Gasteiger partial charge on any atom is -0.462 e. The lowest BCUT2D eigenvalue weighted by Crippen LogP contribution is -2.23. The Labute approximate surface area is 115 Å². The summed E-state index contributed by atoms with van der Waals surface area (Å²) in [5.74, 6) is -0.583. The normalized spacial score (nSPS) is 10.8. The molecule has 4 nitrogen and oxygen atoms in total. The predicted octanol–water partition coefficient (Wildman–Crippen LogP) is 2.63. The van der Waals surface area contributed by atoms with E-state index in [2.05, 4.69) is 0 Å². The molecular formula is C16H13NO3. The third-order valence-corrected chi connectivity index (χ3v) is 3.25. The number of hydrogen-bond acceptors (Lipinski definition) is 3. The van der Waals surface area contributed by atoms with Crippen molar-refractivity contribution in [3.8, 4) is 0 Å². The molecule has 0 amide bonds. The Morgan fingerprint density at radius 3 is 2.75 bits per heavy atom. The van der Waals surface area contributed by atoms with Crippen LogP contribution in [0.2, 0.25) is 0 Å². The summed E-state index contributed by atoms with van der Waals surface area (Å²) in [5.41, 5.74) is 0.479. The lowest BCUT2D eigenvalue weighted by atomic mass is 10.1. The highest BCUT2D eigenvalue weighted by Crippen LogP contribution is 2.18. The second-order valence-corrected chi connectivity index (χ2v) is 4.43. The van der Waals surface area contributed by atoms with Crippen LogP contribution in [0.5, 0.6) is 0 Å². The van der Waals surface area contributed by atoms with Gasteiger partial charge < -0.3 is 4.74 Å². The van der Waals surface area contributed by atoms with Crippen molar-refractivity contribution in [3.05, 3.63) is 64.6 Å². The summed E-state index contributed by atoms with van der Waals surface area (Å²) in [6.07, 6.45) is 1.68. The molecule has 0 spiro atoms. The van der Waals surface area contributed by atoms with Crippen molar-refractivity contribution in [2.75, 3.05) is 6.61 Å². The van der Waals surface area contributed by atoms with Gasteiger partial charge in [0.05, 0.1) is 12.1 Å². The number of rotatable bonds is 2. The number of carbonyl (C=O) groups is 1. The maximum absolute atomic E-state index is 12.4. The van der Waals surface area contributed by atoms with Crippen molar-refractivity contribution < 1.29 is 9.53 Å². The highest BCUT2D eigenvalue weighted by atomic mass is 16.5. The van der Waals surface area contributed by atoms with Crippen LogP contribution in [0.25, 0.3) is 16.3 Å². The van der Waals surface area contributed by atoms with Crippen molar-refractivity contribution in [2.24, 2.45) is 0 Å². The van der Waals surface area contributed by atoms with Crippen LogP contribution in [0, 0.1) is 0 Å². The topological polar surface area (TPSA) is 47.8 Å². The smallest absolute Gasteiger partial charge is 0.343 e. The van der Waals surface area contributed by atoms with Crippen molar-refractivity contribution in [3.63, 3.8) is 0 Å². The SMILES string of the molecule is CCOC(=O)c1ccc2c3ccccc3ccn2c1=O. The molecule has 0 bridgehead atoms. The average Bonchev–Trinajstić information content (AvgIpc) is 2.47.